The standard InChI is InChI=1S/C13H22N4O3S/c1-8(2)10-12(21(14,19)20)11(16-15-10)13(18)17(3)9-6-4-5-7-9/h8-9H,4-7H2,1-3H3,(H,15,16)(H2,14,19,20). The Bertz CT molecular complexity index is 630. The minimum absolute atomic E-state index is 0.101. The van der Waals surface area contributed by atoms with Crippen molar-refractivity contribution in [2.75, 3.05) is 7.05 Å². The van der Waals surface area contributed by atoms with Crippen molar-refractivity contribution >= 4 is 15.9 Å². The Morgan fingerprint density at radius 1 is 1.38 bits per heavy atom. The summed E-state index contributed by atoms with van der Waals surface area (Å²) >= 11 is 0. The van der Waals surface area contributed by atoms with Gasteiger partial charge in [0.15, 0.2) is 5.69 Å². The van der Waals surface area contributed by atoms with E-state index in [1.807, 2.05) is 13.8 Å². The first-order valence-electron chi connectivity index (χ1n) is 7.11. The Kier molecular flexibility index (Phi) is 4.38. The molecule has 0 radical (unpaired) electrons. The highest BCUT2D eigenvalue weighted by Crippen LogP contribution is 2.27. The van der Waals surface area contributed by atoms with Crippen molar-refractivity contribution in [2.45, 2.75) is 56.4 Å². The number of sulfonamides is 1. The summed E-state index contributed by atoms with van der Waals surface area (Å²) in [6.45, 7) is 3.63. The second kappa shape index (κ2) is 5.76. The van der Waals surface area contributed by atoms with Gasteiger partial charge in [-0.3, -0.25) is 9.89 Å². The van der Waals surface area contributed by atoms with Crippen LogP contribution in [0.3, 0.4) is 0 Å². The molecule has 0 unspecified atom stereocenters. The number of rotatable bonds is 4. The fraction of sp³-hybridized carbons (Fsp3) is 0.692. The van der Waals surface area contributed by atoms with Crippen LogP contribution in [0.2, 0.25) is 0 Å². The molecule has 1 saturated carbocycles. The first-order chi connectivity index (χ1) is 9.73. The number of carbonyl (C=O) groups excluding carboxylic acids is 1. The molecule has 1 aliphatic rings. The topological polar surface area (TPSA) is 109 Å². The zero-order valence-corrected chi connectivity index (χ0v) is 13.4. The zero-order valence-electron chi connectivity index (χ0n) is 12.6. The van der Waals surface area contributed by atoms with Crippen molar-refractivity contribution in [3.8, 4) is 0 Å². The smallest absolute Gasteiger partial charge is 0.275 e. The highest BCUT2D eigenvalue weighted by Gasteiger charge is 2.32. The number of aromatic nitrogens is 2. The second-order valence-electron chi connectivity index (χ2n) is 5.87. The number of nitrogens with zero attached hydrogens (tertiary/aromatic N) is 2. The van der Waals surface area contributed by atoms with E-state index in [0.29, 0.717) is 5.69 Å². The molecule has 0 aliphatic heterocycles. The number of hydrogen-bond donors (Lipinski definition) is 2. The highest BCUT2D eigenvalue weighted by atomic mass is 32.2. The maximum absolute atomic E-state index is 12.6. The van der Waals surface area contributed by atoms with Gasteiger partial charge in [-0.25, -0.2) is 13.6 Å². The van der Waals surface area contributed by atoms with Crippen LogP contribution in [0.25, 0.3) is 0 Å². The number of carbonyl (C=O) groups is 1. The van der Waals surface area contributed by atoms with Crippen LogP contribution in [0.4, 0.5) is 0 Å². The van der Waals surface area contributed by atoms with E-state index >= 15 is 0 Å². The van der Waals surface area contributed by atoms with Crippen molar-refractivity contribution in [2.24, 2.45) is 5.14 Å². The Morgan fingerprint density at radius 3 is 2.43 bits per heavy atom. The third-order valence-electron chi connectivity index (χ3n) is 4.01. The van der Waals surface area contributed by atoms with Crippen LogP contribution < -0.4 is 5.14 Å². The van der Waals surface area contributed by atoms with Crippen LogP contribution in [0.5, 0.6) is 0 Å². The summed E-state index contributed by atoms with van der Waals surface area (Å²) in [5.41, 5.74) is 0.274. The van der Waals surface area contributed by atoms with E-state index in [1.165, 1.54) is 0 Å². The summed E-state index contributed by atoms with van der Waals surface area (Å²) in [4.78, 5) is 14.0. The summed E-state index contributed by atoms with van der Waals surface area (Å²) < 4.78 is 23.7. The molecule has 2 rings (SSSR count). The fourth-order valence-electron chi connectivity index (χ4n) is 2.79. The Balaban J connectivity index is 2.41. The molecule has 7 nitrogen and oxygen atoms in total. The van der Waals surface area contributed by atoms with Crippen molar-refractivity contribution in [1.82, 2.24) is 15.1 Å². The Labute approximate surface area is 124 Å². The maximum Gasteiger partial charge on any atom is 0.275 e. The van der Waals surface area contributed by atoms with E-state index in [-0.39, 0.29) is 22.5 Å². The largest absolute Gasteiger partial charge is 0.337 e. The third kappa shape index (κ3) is 3.11. The van der Waals surface area contributed by atoms with Crippen molar-refractivity contribution in [1.29, 1.82) is 0 Å². The molecule has 0 atom stereocenters. The maximum atomic E-state index is 12.6. The molecular weight excluding hydrogens is 292 g/mol. The Hall–Kier alpha value is -1.41. The van der Waals surface area contributed by atoms with Gasteiger partial charge in [-0.1, -0.05) is 26.7 Å². The zero-order chi connectivity index (χ0) is 15.8. The van der Waals surface area contributed by atoms with Gasteiger partial charge < -0.3 is 4.90 Å². The average molecular weight is 314 g/mol. The van der Waals surface area contributed by atoms with Gasteiger partial charge >= 0.3 is 0 Å². The summed E-state index contributed by atoms with van der Waals surface area (Å²) in [5, 5.41) is 11.8. The monoisotopic (exact) mass is 314 g/mol. The van der Waals surface area contributed by atoms with E-state index < -0.39 is 15.9 Å². The molecule has 1 amide bonds. The minimum Gasteiger partial charge on any atom is -0.337 e. The molecular formula is C13H22N4O3S. The normalized spacial score (nSPS) is 16.6. The van der Waals surface area contributed by atoms with Crippen LogP contribution in [0, 0.1) is 0 Å². The molecule has 1 aromatic rings. The molecule has 1 fully saturated rings. The van der Waals surface area contributed by atoms with Gasteiger partial charge in [0, 0.05) is 13.1 Å². The number of nitrogens with two attached hydrogens (primary N) is 1. The van der Waals surface area contributed by atoms with Gasteiger partial charge in [0.05, 0.1) is 5.69 Å². The minimum atomic E-state index is -4.01. The molecule has 1 heterocycles. The summed E-state index contributed by atoms with van der Waals surface area (Å²) in [6.07, 6.45) is 4.05. The number of H-pyrrole nitrogens is 1. The first kappa shape index (κ1) is 16.0. The molecule has 0 aromatic carbocycles. The van der Waals surface area contributed by atoms with E-state index in [4.69, 9.17) is 5.14 Å². The van der Waals surface area contributed by atoms with Crippen molar-refractivity contribution in [3.05, 3.63) is 11.4 Å². The lowest BCUT2D eigenvalue weighted by Crippen LogP contribution is -2.36. The molecule has 0 saturated heterocycles. The highest BCUT2D eigenvalue weighted by molar-refractivity contribution is 7.89. The van der Waals surface area contributed by atoms with E-state index in [2.05, 4.69) is 10.2 Å². The Morgan fingerprint density at radius 2 is 1.95 bits per heavy atom. The predicted octanol–water partition coefficient (Wildman–Crippen LogP) is 1.20. The summed E-state index contributed by atoms with van der Waals surface area (Å²) in [7, 11) is -2.32. The van der Waals surface area contributed by atoms with Crippen LogP contribution in [0.15, 0.2) is 4.90 Å². The second-order valence-corrected chi connectivity index (χ2v) is 7.37. The van der Waals surface area contributed by atoms with Crippen LogP contribution in [0.1, 0.15) is 61.6 Å². The number of primary sulfonamides is 1. The van der Waals surface area contributed by atoms with E-state index in [0.717, 1.165) is 25.7 Å². The predicted molar refractivity (Wildman–Crippen MR) is 78.4 cm³/mol. The summed E-state index contributed by atoms with van der Waals surface area (Å²) in [6, 6.07) is 0.144. The van der Waals surface area contributed by atoms with E-state index in [1.54, 1.807) is 11.9 Å². The van der Waals surface area contributed by atoms with Gasteiger partial charge in [0.2, 0.25) is 10.0 Å². The van der Waals surface area contributed by atoms with Crippen molar-refractivity contribution < 1.29 is 13.2 Å². The average Bonchev–Trinajstić information content (AvgIpc) is 3.04. The molecule has 0 spiro atoms. The molecule has 3 N–H and O–H groups in total. The third-order valence-corrected chi connectivity index (χ3v) is 4.99. The van der Waals surface area contributed by atoms with Gasteiger partial charge in [-0.2, -0.15) is 5.10 Å². The molecule has 0 bridgehead atoms. The lowest BCUT2D eigenvalue weighted by molar-refractivity contribution is 0.0725. The van der Waals surface area contributed by atoms with Gasteiger partial charge in [-0.05, 0) is 18.8 Å². The quantitative estimate of drug-likeness (QED) is 0.870. The molecule has 21 heavy (non-hydrogen) atoms. The number of amides is 1. The van der Waals surface area contributed by atoms with Crippen LogP contribution in [-0.4, -0.2) is 42.5 Å². The van der Waals surface area contributed by atoms with Gasteiger partial charge in [-0.15, -0.1) is 0 Å². The number of nitrogens with one attached hydrogen (secondary N) is 1. The molecule has 118 valence electrons. The SMILES string of the molecule is CC(C)c1[nH]nc(C(=O)N(C)C2CCCC2)c1S(N)(=O)=O. The van der Waals surface area contributed by atoms with Gasteiger partial charge in [0.1, 0.15) is 4.90 Å². The molecule has 8 heteroatoms. The van der Waals surface area contributed by atoms with Crippen LogP contribution >= 0.6 is 0 Å². The van der Waals surface area contributed by atoms with E-state index in [9.17, 15) is 13.2 Å². The first-order valence-corrected chi connectivity index (χ1v) is 8.66. The number of aromatic amines is 1. The molecule has 1 aliphatic carbocycles. The summed E-state index contributed by atoms with van der Waals surface area (Å²) in [5.74, 6) is -0.516. The van der Waals surface area contributed by atoms with Crippen LogP contribution in [-0.2, 0) is 10.0 Å². The number of hydrogen-bond acceptors (Lipinski definition) is 4. The molecule has 1 aromatic heterocycles. The lowest BCUT2D eigenvalue weighted by atomic mass is 10.1. The fourth-order valence-corrected chi connectivity index (χ4v) is 3.78. The lowest BCUT2D eigenvalue weighted by Gasteiger charge is -2.23. The van der Waals surface area contributed by atoms with Crippen molar-refractivity contribution in [3.63, 3.8) is 0 Å². The van der Waals surface area contributed by atoms with Gasteiger partial charge in [0.25, 0.3) is 5.91 Å².